The van der Waals surface area contributed by atoms with E-state index < -0.39 is 10.0 Å². The second kappa shape index (κ2) is 8.74. The fourth-order valence-corrected chi connectivity index (χ4v) is 5.45. The molecule has 1 aliphatic heterocycles. The van der Waals surface area contributed by atoms with E-state index in [1.54, 1.807) is 23.4 Å². The summed E-state index contributed by atoms with van der Waals surface area (Å²) in [5, 5.41) is 0.606. The molecule has 0 spiro atoms. The number of aryl methyl sites for hydroxylation is 3. The van der Waals surface area contributed by atoms with Gasteiger partial charge in [-0.1, -0.05) is 41.9 Å². The lowest BCUT2D eigenvalue weighted by molar-refractivity contribution is 0.187. The Balaban J connectivity index is 1.56. The number of nitrogens with zero attached hydrogens (tertiary/aromatic N) is 2. The molecule has 0 aromatic heterocycles. The van der Waals surface area contributed by atoms with Gasteiger partial charge in [-0.15, -0.1) is 0 Å². The molecule has 1 fully saturated rings. The highest BCUT2D eigenvalue weighted by atomic mass is 35.5. The van der Waals surface area contributed by atoms with Crippen molar-refractivity contribution >= 4 is 21.6 Å². The number of hydrogen-bond acceptors (Lipinski definition) is 3. The van der Waals surface area contributed by atoms with E-state index in [0.717, 1.165) is 38.0 Å². The van der Waals surface area contributed by atoms with Gasteiger partial charge in [0.05, 0.1) is 4.90 Å². The molecule has 1 aliphatic rings. The Morgan fingerprint density at radius 2 is 1.63 bits per heavy atom. The second-order valence-electron chi connectivity index (χ2n) is 7.20. The number of rotatable bonds is 6. The van der Waals surface area contributed by atoms with Crippen LogP contribution in [-0.4, -0.2) is 50.3 Å². The molecule has 0 saturated carbocycles. The van der Waals surface area contributed by atoms with E-state index in [9.17, 15) is 8.42 Å². The first kappa shape index (κ1) is 20.3. The molecule has 0 N–H and O–H groups in total. The molecule has 2 aromatic rings. The SMILES string of the molecule is Cc1cc(S(=O)(=O)N2CCN(CCCc3ccccc3)CC2)c(C)cc1Cl. The van der Waals surface area contributed by atoms with Gasteiger partial charge in [0.1, 0.15) is 0 Å². The summed E-state index contributed by atoms with van der Waals surface area (Å²) in [6.07, 6.45) is 2.15. The lowest BCUT2D eigenvalue weighted by atomic mass is 10.1. The largest absolute Gasteiger partial charge is 0.301 e. The first-order chi connectivity index (χ1) is 12.9. The van der Waals surface area contributed by atoms with Gasteiger partial charge in [0.15, 0.2) is 0 Å². The van der Waals surface area contributed by atoms with E-state index in [1.807, 2.05) is 13.0 Å². The molecule has 1 saturated heterocycles. The average Bonchev–Trinajstić information content (AvgIpc) is 2.66. The number of sulfonamides is 1. The Morgan fingerprint density at radius 3 is 2.30 bits per heavy atom. The van der Waals surface area contributed by atoms with Crippen LogP contribution in [-0.2, 0) is 16.4 Å². The van der Waals surface area contributed by atoms with Gasteiger partial charge < -0.3 is 4.90 Å². The minimum absolute atomic E-state index is 0.377. The Bertz CT molecular complexity index is 877. The van der Waals surface area contributed by atoms with E-state index in [2.05, 4.69) is 29.2 Å². The van der Waals surface area contributed by atoms with Crippen molar-refractivity contribution in [3.05, 3.63) is 64.2 Å². The highest BCUT2D eigenvalue weighted by Gasteiger charge is 2.29. The van der Waals surface area contributed by atoms with Crippen LogP contribution in [0.25, 0.3) is 0 Å². The smallest absolute Gasteiger partial charge is 0.243 e. The third-order valence-electron chi connectivity index (χ3n) is 5.19. The van der Waals surface area contributed by atoms with Crippen molar-refractivity contribution < 1.29 is 8.42 Å². The van der Waals surface area contributed by atoms with Crippen LogP contribution in [0.5, 0.6) is 0 Å². The average molecular weight is 407 g/mol. The van der Waals surface area contributed by atoms with Crippen molar-refractivity contribution in [2.45, 2.75) is 31.6 Å². The van der Waals surface area contributed by atoms with Crippen LogP contribution >= 0.6 is 11.6 Å². The molecule has 0 aliphatic carbocycles. The quantitative estimate of drug-likeness (QED) is 0.730. The van der Waals surface area contributed by atoms with E-state index in [-0.39, 0.29) is 0 Å². The van der Waals surface area contributed by atoms with Gasteiger partial charge in [-0.05, 0) is 62.1 Å². The normalized spacial score (nSPS) is 16.6. The van der Waals surface area contributed by atoms with Crippen molar-refractivity contribution in [1.29, 1.82) is 0 Å². The van der Waals surface area contributed by atoms with Crippen molar-refractivity contribution in [3.63, 3.8) is 0 Å². The maximum absolute atomic E-state index is 13.0. The summed E-state index contributed by atoms with van der Waals surface area (Å²) in [5.41, 5.74) is 2.85. The Hall–Kier alpha value is -1.40. The number of halogens is 1. The summed E-state index contributed by atoms with van der Waals surface area (Å²) in [6, 6.07) is 13.9. The van der Waals surface area contributed by atoms with Crippen LogP contribution in [0.4, 0.5) is 0 Å². The van der Waals surface area contributed by atoms with E-state index in [1.165, 1.54) is 5.56 Å². The highest BCUT2D eigenvalue weighted by Crippen LogP contribution is 2.27. The third kappa shape index (κ3) is 4.91. The van der Waals surface area contributed by atoms with Crippen LogP contribution in [0, 0.1) is 13.8 Å². The summed E-state index contributed by atoms with van der Waals surface area (Å²) in [6.45, 7) is 7.27. The molecule has 0 bridgehead atoms. The molecule has 0 radical (unpaired) electrons. The fourth-order valence-electron chi connectivity index (χ4n) is 3.52. The van der Waals surface area contributed by atoms with Crippen LogP contribution in [0.3, 0.4) is 0 Å². The highest BCUT2D eigenvalue weighted by molar-refractivity contribution is 7.89. The first-order valence-corrected chi connectivity index (χ1v) is 11.2. The zero-order valence-corrected chi connectivity index (χ0v) is 17.6. The second-order valence-corrected chi connectivity index (χ2v) is 9.52. The van der Waals surface area contributed by atoms with Gasteiger partial charge in [-0.25, -0.2) is 8.42 Å². The molecule has 0 unspecified atom stereocenters. The molecule has 1 heterocycles. The van der Waals surface area contributed by atoms with Gasteiger partial charge in [0.25, 0.3) is 0 Å². The number of hydrogen-bond donors (Lipinski definition) is 0. The van der Waals surface area contributed by atoms with E-state index >= 15 is 0 Å². The molecule has 0 amide bonds. The maximum atomic E-state index is 13.0. The summed E-state index contributed by atoms with van der Waals surface area (Å²) in [5.74, 6) is 0. The summed E-state index contributed by atoms with van der Waals surface area (Å²) >= 11 is 6.12. The lowest BCUT2D eigenvalue weighted by Gasteiger charge is -2.34. The standard InChI is InChI=1S/C21H27ClN2O2S/c1-17-16-21(18(2)15-20(17)22)27(25,26)24-13-11-23(12-14-24)10-6-9-19-7-4-3-5-8-19/h3-5,7-8,15-16H,6,9-14H2,1-2H3. The zero-order chi connectivity index (χ0) is 19.4. The van der Waals surface area contributed by atoms with Crippen molar-refractivity contribution in [2.75, 3.05) is 32.7 Å². The van der Waals surface area contributed by atoms with Crippen molar-refractivity contribution in [3.8, 4) is 0 Å². The van der Waals surface area contributed by atoms with Crippen LogP contribution in [0.15, 0.2) is 47.4 Å². The summed E-state index contributed by atoms with van der Waals surface area (Å²) in [7, 11) is -3.47. The van der Waals surface area contributed by atoms with Gasteiger partial charge in [-0.2, -0.15) is 4.31 Å². The van der Waals surface area contributed by atoms with E-state index in [0.29, 0.717) is 28.6 Å². The Kier molecular flexibility index (Phi) is 6.58. The predicted octanol–water partition coefficient (Wildman–Crippen LogP) is 3.90. The third-order valence-corrected chi connectivity index (χ3v) is 7.64. The van der Waals surface area contributed by atoms with Crippen LogP contribution in [0.2, 0.25) is 5.02 Å². The first-order valence-electron chi connectivity index (χ1n) is 9.41. The predicted molar refractivity (Wildman–Crippen MR) is 111 cm³/mol. The van der Waals surface area contributed by atoms with Gasteiger partial charge in [-0.3, -0.25) is 0 Å². The summed E-state index contributed by atoms with van der Waals surface area (Å²) in [4.78, 5) is 2.73. The maximum Gasteiger partial charge on any atom is 0.243 e. The molecule has 6 heteroatoms. The van der Waals surface area contributed by atoms with Gasteiger partial charge in [0, 0.05) is 31.2 Å². The van der Waals surface area contributed by atoms with Crippen molar-refractivity contribution in [1.82, 2.24) is 9.21 Å². The molecule has 3 rings (SSSR count). The lowest BCUT2D eigenvalue weighted by Crippen LogP contribution is -2.48. The minimum atomic E-state index is -3.47. The molecule has 2 aromatic carbocycles. The Labute approximate surface area is 167 Å². The van der Waals surface area contributed by atoms with E-state index in [4.69, 9.17) is 11.6 Å². The molecule has 0 atom stereocenters. The monoisotopic (exact) mass is 406 g/mol. The topological polar surface area (TPSA) is 40.6 Å². The fraction of sp³-hybridized carbons (Fsp3) is 0.429. The molecular weight excluding hydrogens is 380 g/mol. The Morgan fingerprint density at radius 1 is 0.963 bits per heavy atom. The molecule has 27 heavy (non-hydrogen) atoms. The van der Waals surface area contributed by atoms with Gasteiger partial charge >= 0.3 is 0 Å². The minimum Gasteiger partial charge on any atom is -0.301 e. The van der Waals surface area contributed by atoms with Crippen LogP contribution < -0.4 is 0 Å². The molecular formula is C21H27ClN2O2S. The number of piperazine rings is 1. The summed E-state index contributed by atoms with van der Waals surface area (Å²) < 4.78 is 27.7. The molecule has 4 nitrogen and oxygen atoms in total. The van der Waals surface area contributed by atoms with Gasteiger partial charge in [0.2, 0.25) is 10.0 Å². The van der Waals surface area contributed by atoms with Crippen molar-refractivity contribution in [2.24, 2.45) is 0 Å². The van der Waals surface area contributed by atoms with Crippen LogP contribution in [0.1, 0.15) is 23.1 Å². The zero-order valence-electron chi connectivity index (χ0n) is 16.0. The number of benzene rings is 2. The molecule has 146 valence electrons.